The Morgan fingerprint density at radius 2 is 1.63 bits per heavy atom. The highest BCUT2D eigenvalue weighted by Crippen LogP contribution is 2.20. The first kappa shape index (κ1) is 22.2. The van der Waals surface area contributed by atoms with E-state index < -0.39 is 0 Å². The zero-order chi connectivity index (χ0) is 21.7. The Morgan fingerprint density at radius 3 is 2.33 bits per heavy atom. The topological polar surface area (TPSA) is 55.9 Å². The summed E-state index contributed by atoms with van der Waals surface area (Å²) in [7, 11) is 1.82. The number of hydrogen-bond donors (Lipinski definition) is 1. The lowest BCUT2D eigenvalue weighted by Crippen LogP contribution is -2.51. The number of carbonyl (C=O) groups excluding carboxylic acids is 2. The Bertz CT molecular complexity index is 877. The normalized spacial score (nSPS) is 15.6. The SMILES string of the molecule is CN(CC(=O)NC(C)(C)C)CC(=O)N1CCN(Cc2cccc3ccccc23)CC1. The van der Waals surface area contributed by atoms with E-state index in [9.17, 15) is 9.59 Å². The van der Waals surface area contributed by atoms with Crippen LogP contribution in [0.25, 0.3) is 10.8 Å². The molecule has 2 aromatic carbocycles. The first-order valence-corrected chi connectivity index (χ1v) is 10.7. The highest BCUT2D eigenvalue weighted by atomic mass is 16.2. The maximum atomic E-state index is 12.6. The van der Waals surface area contributed by atoms with Gasteiger partial charge in [0.05, 0.1) is 13.1 Å². The van der Waals surface area contributed by atoms with Gasteiger partial charge in [-0.3, -0.25) is 19.4 Å². The van der Waals surface area contributed by atoms with Crippen molar-refractivity contribution in [3.8, 4) is 0 Å². The maximum absolute atomic E-state index is 12.6. The molecule has 0 atom stereocenters. The van der Waals surface area contributed by atoms with Crippen molar-refractivity contribution >= 4 is 22.6 Å². The molecule has 6 nitrogen and oxygen atoms in total. The fourth-order valence-electron chi connectivity index (χ4n) is 3.92. The second-order valence-corrected chi connectivity index (χ2v) is 9.27. The molecule has 0 radical (unpaired) electrons. The average Bonchev–Trinajstić information content (AvgIpc) is 2.67. The van der Waals surface area contributed by atoms with Crippen LogP contribution in [0, 0.1) is 0 Å². The summed E-state index contributed by atoms with van der Waals surface area (Å²) in [5.74, 6) is 0.0311. The molecule has 1 fully saturated rings. The van der Waals surface area contributed by atoms with Crippen molar-refractivity contribution in [2.75, 3.05) is 46.3 Å². The molecule has 162 valence electrons. The summed E-state index contributed by atoms with van der Waals surface area (Å²) in [4.78, 5) is 30.8. The molecular weight excluding hydrogens is 376 g/mol. The predicted molar refractivity (Wildman–Crippen MR) is 121 cm³/mol. The van der Waals surface area contributed by atoms with Crippen LogP contribution in [0.15, 0.2) is 42.5 Å². The van der Waals surface area contributed by atoms with E-state index in [0.29, 0.717) is 0 Å². The van der Waals surface area contributed by atoms with E-state index in [0.717, 1.165) is 32.7 Å². The van der Waals surface area contributed by atoms with Crippen molar-refractivity contribution in [2.45, 2.75) is 32.9 Å². The molecule has 0 unspecified atom stereocenters. The van der Waals surface area contributed by atoms with Gasteiger partial charge in [0.1, 0.15) is 0 Å². The summed E-state index contributed by atoms with van der Waals surface area (Å²) >= 11 is 0. The third-order valence-electron chi connectivity index (χ3n) is 5.33. The van der Waals surface area contributed by atoms with E-state index in [1.807, 2.05) is 32.7 Å². The van der Waals surface area contributed by atoms with Crippen molar-refractivity contribution < 1.29 is 9.59 Å². The first-order chi connectivity index (χ1) is 14.2. The van der Waals surface area contributed by atoms with Gasteiger partial charge in [-0.05, 0) is 44.2 Å². The molecule has 0 aliphatic carbocycles. The average molecular weight is 411 g/mol. The summed E-state index contributed by atoms with van der Waals surface area (Å²) in [6.07, 6.45) is 0. The molecule has 0 bridgehead atoms. The van der Waals surface area contributed by atoms with E-state index in [1.54, 1.807) is 4.90 Å². The number of piperazine rings is 1. The van der Waals surface area contributed by atoms with Crippen LogP contribution in [0.5, 0.6) is 0 Å². The van der Waals surface area contributed by atoms with E-state index in [1.165, 1.54) is 16.3 Å². The second-order valence-electron chi connectivity index (χ2n) is 9.27. The van der Waals surface area contributed by atoms with E-state index in [4.69, 9.17) is 0 Å². The third-order valence-corrected chi connectivity index (χ3v) is 5.33. The minimum atomic E-state index is -0.262. The first-order valence-electron chi connectivity index (χ1n) is 10.7. The van der Waals surface area contributed by atoms with Crippen LogP contribution in [-0.4, -0.2) is 78.4 Å². The summed E-state index contributed by atoms with van der Waals surface area (Å²) in [5, 5.41) is 5.50. The van der Waals surface area contributed by atoms with Gasteiger partial charge in [-0.25, -0.2) is 0 Å². The number of likely N-dealkylation sites (N-methyl/N-ethyl adjacent to an activating group) is 1. The predicted octanol–water partition coefficient (Wildman–Crippen LogP) is 2.33. The van der Waals surface area contributed by atoms with Crippen molar-refractivity contribution in [1.82, 2.24) is 20.0 Å². The Balaban J connectivity index is 1.47. The highest BCUT2D eigenvalue weighted by molar-refractivity contribution is 5.85. The molecular formula is C24H34N4O2. The minimum Gasteiger partial charge on any atom is -0.350 e. The molecule has 1 saturated heterocycles. The molecule has 1 heterocycles. The molecule has 3 rings (SSSR count). The molecule has 0 spiro atoms. The van der Waals surface area contributed by atoms with Crippen LogP contribution in [-0.2, 0) is 16.1 Å². The van der Waals surface area contributed by atoms with Crippen LogP contribution < -0.4 is 5.32 Å². The quantitative estimate of drug-likeness (QED) is 0.794. The van der Waals surface area contributed by atoms with Crippen LogP contribution in [0.1, 0.15) is 26.3 Å². The number of nitrogens with zero attached hydrogens (tertiary/aromatic N) is 3. The van der Waals surface area contributed by atoms with Gasteiger partial charge in [0.25, 0.3) is 0 Å². The zero-order valence-corrected chi connectivity index (χ0v) is 18.6. The fraction of sp³-hybridized carbons (Fsp3) is 0.500. The van der Waals surface area contributed by atoms with Gasteiger partial charge in [0, 0.05) is 38.3 Å². The molecule has 2 aromatic rings. The Labute approximate surface area is 179 Å². The molecule has 0 saturated carbocycles. The Kier molecular flexibility index (Phi) is 7.10. The monoisotopic (exact) mass is 410 g/mol. The van der Waals surface area contributed by atoms with Gasteiger partial charge in [-0.15, -0.1) is 0 Å². The van der Waals surface area contributed by atoms with Gasteiger partial charge >= 0.3 is 0 Å². The molecule has 1 aliphatic rings. The third kappa shape index (κ3) is 6.28. The number of benzene rings is 2. The fourth-order valence-corrected chi connectivity index (χ4v) is 3.92. The van der Waals surface area contributed by atoms with Gasteiger partial charge in [0.15, 0.2) is 0 Å². The molecule has 6 heteroatoms. The number of amides is 2. The minimum absolute atomic E-state index is 0.0577. The standard InChI is InChI=1S/C24H34N4O2/c1-24(2,3)25-22(29)17-26(4)18-23(30)28-14-12-27(13-15-28)16-20-10-7-9-19-8-5-6-11-21(19)20/h5-11H,12-18H2,1-4H3,(H,25,29). The van der Waals surface area contributed by atoms with E-state index >= 15 is 0 Å². The van der Waals surface area contributed by atoms with Crippen LogP contribution >= 0.6 is 0 Å². The molecule has 2 amide bonds. The second kappa shape index (κ2) is 9.58. The van der Waals surface area contributed by atoms with E-state index in [2.05, 4.69) is 52.7 Å². The zero-order valence-electron chi connectivity index (χ0n) is 18.6. The van der Waals surface area contributed by atoms with Crippen LogP contribution in [0.4, 0.5) is 0 Å². The summed E-state index contributed by atoms with van der Waals surface area (Å²) in [6, 6.07) is 14.9. The smallest absolute Gasteiger partial charge is 0.236 e. The Morgan fingerprint density at radius 1 is 0.967 bits per heavy atom. The number of carbonyl (C=O) groups is 2. The summed E-state index contributed by atoms with van der Waals surface area (Å²) < 4.78 is 0. The lowest BCUT2D eigenvalue weighted by molar-refractivity contribution is -0.134. The lowest BCUT2D eigenvalue weighted by atomic mass is 10.0. The van der Waals surface area contributed by atoms with Gasteiger partial charge in [-0.2, -0.15) is 0 Å². The maximum Gasteiger partial charge on any atom is 0.236 e. The van der Waals surface area contributed by atoms with Crippen molar-refractivity contribution in [3.05, 3.63) is 48.0 Å². The molecule has 30 heavy (non-hydrogen) atoms. The van der Waals surface area contributed by atoms with Gasteiger partial charge in [0.2, 0.25) is 11.8 Å². The summed E-state index contributed by atoms with van der Waals surface area (Å²) in [5.41, 5.74) is 1.07. The molecule has 0 aromatic heterocycles. The number of hydrogen-bond acceptors (Lipinski definition) is 4. The highest BCUT2D eigenvalue weighted by Gasteiger charge is 2.23. The number of nitrogens with one attached hydrogen (secondary N) is 1. The van der Waals surface area contributed by atoms with Crippen molar-refractivity contribution in [1.29, 1.82) is 0 Å². The summed E-state index contributed by atoms with van der Waals surface area (Å²) in [6.45, 7) is 10.4. The molecule has 1 N–H and O–H groups in total. The van der Waals surface area contributed by atoms with Crippen molar-refractivity contribution in [3.63, 3.8) is 0 Å². The van der Waals surface area contributed by atoms with Gasteiger partial charge in [-0.1, -0.05) is 42.5 Å². The van der Waals surface area contributed by atoms with Crippen LogP contribution in [0.3, 0.4) is 0 Å². The molecule has 1 aliphatic heterocycles. The lowest BCUT2D eigenvalue weighted by Gasteiger charge is -2.35. The van der Waals surface area contributed by atoms with Crippen LogP contribution in [0.2, 0.25) is 0 Å². The Hall–Kier alpha value is -2.44. The number of fused-ring (bicyclic) bond motifs is 1. The number of rotatable bonds is 6. The van der Waals surface area contributed by atoms with E-state index in [-0.39, 0.29) is 30.4 Å². The largest absolute Gasteiger partial charge is 0.350 e. The van der Waals surface area contributed by atoms with Gasteiger partial charge < -0.3 is 10.2 Å². The van der Waals surface area contributed by atoms with Crippen molar-refractivity contribution in [2.24, 2.45) is 0 Å².